The SMILES string of the molecule is [CH2]OC.[I-].[Yb]. The van der Waals surface area contributed by atoms with Crippen LogP contribution in [0.3, 0.4) is 0 Å². The summed E-state index contributed by atoms with van der Waals surface area (Å²) in [5.41, 5.74) is 0. The van der Waals surface area contributed by atoms with Gasteiger partial charge in [0.05, 0.1) is 7.11 Å². The van der Waals surface area contributed by atoms with Gasteiger partial charge >= 0.3 is 0 Å². The Balaban J connectivity index is -0.0000000200. The molecule has 0 aliphatic carbocycles. The molecule has 1 radical (unpaired) electrons. The predicted molar refractivity (Wildman–Crippen MR) is 12.4 cm³/mol. The molecule has 0 fully saturated rings. The molecule has 0 rings (SSSR count). The van der Waals surface area contributed by atoms with Crippen molar-refractivity contribution in [1.29, 1.82) is 0 Å². The molecule has 0 aromatic rings. The fraction of sp³-hybridized carbons (Fsp3) is 0.500. The van der Waals surface area contributed by atoms with Crippen LogP contribution < -0.4 is 24.0 Å². The summed E-state index contributed by atoms with van der Waals surface area (Å²) in [6, 6.07) is 0. The van der Waals surface area contributed by atoms with Gasteiger partial charge in [0.2, 0.25) is 0 Å². The average molecular weight is 345 g/mol. The Morgan fingerprint density at radius 1 is 1.60 bits per heavy atom. The third-order valence-corrected chi connectivity index (χ3v) is 0. The molecule has 0 amide bonds. The second-order valence-electron chi connectivity index (χ2n) is 0.289. The summed E-state index contributed by atoms with van der Waals surface area (Å²) in [7, 11) is 4.50. The van der Waals surface area contributed by atoms with Crippen LogP contribution in [0.1, 0.15) is 0 Å². The first-order valence-electron chi connectivity index (χ1n) is 0.697. The standard InChI is InChI=1S/C2H5O.HI.Yb/c1-3-2;;/h1H2,2H3;1H;/p-1. The van der Waals surface area contributed by atoms with Crippen molar-refractivity contribution >= 4 is 0 Å². The summed E-state index contributed by atoms with van der Waals surface area (Å²) in [4.78, 5) is 0. The molecule has 0 aliphatic rings. The minimum atomic E-state index is 0. The molecule has 0 aromatic heterocycles. The van der Waals surface area contributed by atoms with Crippen molar-refractivity contribution in [1.82, 2.24) is 0 Å². The van der Waals surface area contributed by atoms with E-state index in [0.717, 1.165) is 0 Å². The van der Waals surface area contributed by atoms with Crippen LogP contribution in [-0.4, -0.2) is 7.11 Å². The molecule has 0 aromatic carbocycles. The average Bonchev–Trinajstić information content (AvgIpc) is 0.918. The van der Waals surface area contributed by atoms with Crippen LogP contribution >= 0.6 is 0 Å². The molecule has 41 valence electrons. The number of rotatable bonds is 0. The first-order valence-corrected chi connectivity index (χ1v) is 0.697. The van der Waals surface area contributed by atoms with Crippen LogP contribution in [0.25, 0.3) is 0 Å². The number of ether oxygens (including phenoxy) is 1. The zero-order valence-electron chi connectivity index (χ0n) is 2.76. The van der Waals surface area contributed by atoms with Crippen LogP contribution in [0.4, 0.5) is 0 Å². The van der Waals surface area contributed by atoms with Crippen molar-refractivity contribution in [3.8, 4) is 0 Å². The summed E-state index contributed by atoms with van der Waals surface area (Å²) in [5, 5.41) is 0. The Morgan fingerprint density at radius 2 is 1.60 bits per heavy atom. The Hall–Kier alpha value is 2.21. The number of methoxy groups -OCH3 is 1. The zero-order valence-corrected chi connectivity index (χ0v) is 6.63. The van der Waals surface area contributed by atoms with Gasteiger partial charge in [-0.25, -0.2) is 0 Å². The maximum atomic E-state index is 4.00. The Morgan fingerprint density at radius 3 is 1.60 bits per heavy atom. The fourth-order valence-electron chi connectivity index (χ4n) is 0. The van der Waals surface area contributed by atoms with E-state index in [4.69, 9.17) is 0 Å². The smallest absolute Gasteiger partial charge is 0.0696 e. The van der Waals surface area contributed by atoms with Crippen molar-refractivity contribution in [2.45, 2.75) is 0 Å². The van der Waals surface area contributed by atoms with Crippen LogP contribution in [0.5, 0.6) is 0 Å². The maximum absolute atomic E-state index is 4.00. The van der Waals surface area contributed by atoms with Crippen LogP contribution in [0.15, 0.2) is 0 Å². The van der Waals surface area contributed by atoms with E-state index in [1.807, 2.05) is 0 Å². The topological polar surface area (TPSA) is 9.23 Å². The minimum absolute atomic E-state index is 0. The van der Waals surface area contributed by atoms with Gasteiger partial charge in [0.1, 0.15) is 0 Å². The second kappa shape index (κ2) is 16.4. The number of hydrogen-bond acceptors (Lipinski definition) is 1. The van der Waals surface area contributed by atoms with E-state index >= 15 is 0 Å². The van der Waals surface area contributed by atoms with Crippen molar-refractivity contribution in [3.05, 3.63) is 7.11 Å². The molecule has 0 atom stereocenters. The van der Waals surface area contributed by atoms with E-state index in [-0.39, 0.29) is 70.9 Å². The predicted octanol–water partition coefficient (Wildman–Crippen LogP) is -2.57. The molecule has 0 heterocycles. The summed E-state index contributed by atoms with van der Waals surface area (Å²) < 4.78 is 4.00. The minimum Gasteiger partial charge on any atom is -1.00 e. The molecular formula is C2H5IOYb-. The van der Waals surface area contributed by atoms with Crippen molar-refractivity contribution < 1.29 is 75.6 Å². The first kappa shape index (κ1) is 15.7. The summed E-state index contributed by atoms with van der Waals surface area (Å²) in [5.74, 6) is 0. The normalized spacial score (nSPS) is 3.60. The van der Waals surface area contributed by atoms with Gasteiger partial charge in [-0.1, -0.05) is 0 Å². The second-order valence-corrected chi connectivity index (χ2v) is 0.289. The zero-order chi connectivity index (χ0) is 2.71. The first-order chi connectivity index (χ1) is 1.41. The third-order valence-electron chi connectivity index (χ3n) is 0. The third kappa shape index (κ3) is 22.5. The molecule has 0 aliphatic heterocycles. The molecule has 0 bridgehead atoms. The van der Waals surface area contributed by atoms with Gasteiger partial charge in [-0.05, 0) is 0 Å². The quantitative estimate of drug-likeness (QED) is 0.439. The maximum Gasteiger partial charge on any atom is 0.0696 e. The van der Waals surface area contributed by atoms with Gasteiger partial charge in [0.15, 0.2) is 0 Å². The van der Waals surface area contributed by atoms with E-state index < -0.39 is 0 Å². The molecule has 0 N–H and O–H groups in total. The Bertz CT molecular complexity index is 9.61. The molecule has 0 unspecified atom stereocenters. The number of hydrogen-bond donors (Lipinski definition) is 0. The van der Waals surface area contributed by atoms with E-state index in [9.17, 15) is 0 Å². The van der Waals surface area contributed by atoms with Crippen LogP contribution in [0, 0.1) is 54.0 Å². The van der Waals surface area contributed by atoms with Crippen molar-refractivity contribution in [2.75, 3.05) is 7.11 Å². The molecule has 5 heavy (non-hydrogen) atoms. The monoisotopic (exact) mass is 346 g/mol. The Kier molecular flexibility index (Phi) is 51.3. The van der Waals surface area contributed by atoms with Gasteiger partial charge in [-0.3, -0.25) is 0 Å². The molecule has 0 saturated carbocycles. The van der Waals surface area contributed by atoms with Crippen LogP contribution in [0.2, 0.25) is 0 Å². The van der Waals surface area contributed by atoms with E-state index in [1.165, 1.54) is 7.11 Å². The van der Waals surface area contributed by atoms with E-state index in [0.29, 0.717) is 0 Å². The molecule has 0 spiro atoms. The van der Waals surface area contributed by atoms with Gasteiger partial charge in [0, 0.05) is 54.0 Å². The molecule has 3 heteroatoms. The summed E-state index contributed by atoms with van der Waals surface area (Å²) in [6.45, 7) is 0. The van der Waals surface area contributed by atoms with Crippen molar-refractivity contribution in [3.63, 3.8) is 0 Å². The van der Waals surface area contributed by atoms with Crippen LogP contribution in [-0.2, 0) is 4.74 Å². The van der Waals surface area contributed by atoms with Gasteiger partial charge in [0.25, 0.3) is 0 Å². The molecular weight excluding hydrogens is 340 g/mol. The van der Waals surface area contributed by atoms with E-state index in [1.54, 1.807) is 0 Å². The molecule has 0 saturated heterocycles. The summed E-state index contributed by atoms with van der Waals surface area (Å²) in [6.07, 6.45) is 0. The van der Waals surface area contributed by atoms with Gasteiger partial charge in [-0.15, -0.1) is 0 Å². The number of halogens is 1. The largest absolute Gasteiger partial charge is 1.00 e. The van der Waals surface area contributed by atoms with Gasteiger partial charge in [-0.2, -0.15) is 0 Å². The molecule has 1 nitrogen and oxygen atoms in total. The summed E-state index contributed by atoms with van der Waals surface area (Å²) >= 11 is 0. The van der Waals surface area contributed by atoms with Crippen molar-refractivity contribution in [2.24, 2.45) is 0 Å². The Labute approximate surface area is 88.1 Å². The van der Waals surface area contributed by atoms with Gasteiger partial charge < -0.3 is 28.7 Å². The van der Waals surface area contributed by atoms with E-state index in [2.05, 4.69) is 11.8 Å². The fourth-order valence-corrected chi connectivity index (χ4v) is 0.